The summed E-state index contributed by atoms with van der Waals surface area (Å²) < 4.78 is 6.07. The van der Waals surface area contributed by atoms with Gasteiger partial charge in [-0.15, -0.1) is 0 Å². The van der Waals surface area contributed by atoms with E-state index < -0.39 is 0 Å². The number of ether oxygens (including phenoxy) is 1. The van der Waals surface area contributed by atoms with Crippen LogP contribution in [0, 0.1) is 0 Å². The van der Waals surface area contributed by atoms with Crippen LogP contribution in [0.25, 0.3) is 11.1 Å². The normalized spacial score (nSPS) is 17.1. The largest absolute Gasteiger partial charge is 0.488 e. The van der Waals surface area contributed by atoms with Crippen LogP contribution in [0.2, 0.25) is 5.02 Å². The Morgan fingerprint density at radius 2 is 2.11 bits per heavy atom. The molecule has 2 aromatic carbocycles. The molecule has 1 unspecified atom stereocenters. The van der Waals surface area contributed by atoms with Gasteiger partial charge in [0, 0.05) is 23.6 Å². The van der Waals surface area contributed by atoms with Crippen molar-refractivity contribution in [1.29, 1.82) is 0 Å². The SMILES string of the molecule is CNCC1Cc2cccc(-c3cccc(Cl)c3)c2O1. The molecular formula is C16H16ClNO. The van der Waals surface area contributed by atoms with E-state index in [1.807, 2.05) is 25.2 Å². The molecule has 1 atom stereocenters. The summed E-state index contributed by atoms with van der Waals surface area (Å²) in [6, 6.07) is 14.2. The van der Waals surface area contributed by atoms with E-state index >= 15 is 0 Å². The fourth-order valence-corrected chi connectivity index (χ4v) is 2.75. The third kappa shape index (κ3) is 2.46. The van der Waals surface area contributed by atoms with Crippen LogP contribution in [-0.4, -0.2) is 19.7 Å². The van der Waals surface area contributed by atoms with Crippen molar-refractivity contribution in [3.8, 4) is 16.9 Å². The van der Waals surface area contributed by atoms with Crippen LogP contribution < -0.4 is 10.1 Å². The zero-order valence-corrected chi connectivity index (χ0v) is 11.6. The molecule has 1 N–H and O–H groups in total. The van der Waals surface area contributed by atoms with E-state index in [4.69, 9.17) is 16.3 Å². The molecule has 0 aromatic heterocycles. The predicted octanol–water partition coefficient (Wildman–Crippen LogP) is 3.53. The van der Waals surface area contributed by atoms with Crippen molar-refractivity contribution >= 4 is 11.6 Å². The molecule has 0 bridgehead atoms. The first-order valence-electron chi connectivity index (χ1n) is 6.47. The van der Waals surface area contributed by atoms with Gasteiger partial charge < -0.3 is 10.1 Å². The Morgan fingerprint density at radius 1 is 1.26 bits per heavy atom. The lowest BCUT2D eigenvalue weighted by Crippen LogP contribution is -2.27. The highest BCUT2D eigenvalue weighted by Crippen LogP contribution is 2.39. The number of likely N-dealkylation sites (N-methyl/N-ethyl adjacent to an activating group) is 1. The number of rotatable bonds is 3. The monoisotopic (exact) mass is 273 g/mol. The zero-order chi connectivity index (χ0) is 13.2. The second-order valence-corrected chi connectivity index (χ2v) is 5.24. The molecule has 3 heteroatoms. The summed E-state index contributed by atoms with van der Waals surface area (Å²) in [5.41, 5.74) is 3.51. The molecule has 19 heavy (non-hydrogen) atoms. The minimum atomic E-state index is 0.223. The first-order chi connectivity index (χ1) is 9.28. The summed E-state index contributed by atoms with van der Waals surface area (Å²) >= 11 is 6.07. The van der Waals surface area contributed by atoms with Crippen LogP contribution in [-0.2, 0) is 6.42 Å². The summed E-state index contributed by atoms with van der Waals surface area (Å²) in [4.78, 5) is 0. The van der Waals surface area contributed by atoms with E-state index in [0.717, 1.165) is 34.9 Å². The van der Waals surface area contributed by atoms with Crippen molar-refractivity contribution in [3.63, 3.8) is 0 Å². The molecule has 3 rings (SSSR count). The highest BCUT2D eigenvalue weighted by atomic mass is 35.5. The van der Waals surface area contributed by atoms with Crippen molar-refractivity contribution < 1.29 is 4.74 Å². The summed E-state index contributed by atoms with van der Waals surface area (Å²) in [7, 11) is 1.95. The average Bonchev–Trinajstić information content (AvgIpc) is 2.81. The smallest absolute Gasteiger partial charge is 0.130 e. The molecule has 0 radical (unpaired) electrons. The standard InChI is InChI=1S/C16H16ClNO/c1-18-10-14-9-12-5-3-7-15(16(12)19-14)11-4-2-6-13(17)8-11/h2-8,14,18H,9-10H2,1H3. The van der Waals surface area contributed by atoms with Crippen LogP contribution in [0.4, 0.5) is 0 Å². The number of benzene rings is 2. The van der Waals surface area contributed by atoms with Gasteiger partial charge in [0.15, 0.2) is 0 Å². The second-order valence-electron chi connectivity index (χ2n) is 4.81. The quantitative estimate of drug-likeness (QED) is 0.924. The molecule has 1 aliphatic rings. The maximum Gasteiger partial charge on any atom is 0.130 e. The van der Waals surface area contributed by atoms with E-state index in [-0.39, 0.29) is 6.10 Å². The average molecular weight is 274 g/mol. The Balaban J connectivity index is 2.00. The fraction of sp³-hybridized carbons (Fsp3) is 0.250. The predicted molar refractivity (Wildman–Crippen MR) is 78.9 cm³/mol. The van der Waals surface area contributed by atoms with Crippen molar-refractivity contribution in [1.82, 2.24) is 5.32 Å². The highest BCUT2D eigenvalue weighted by molar-refractivity contribution is 6.30. The summed E-state index contributed by atoms with van der Waals surface area (Å²) in [5, 5.41) is 3.92. The Labute approximate surface area is 118 Å². The third-order valence-electron chi connectivity index (χ3n) is 3.40. The van der Waals surface area contributed by atoms with Gasteiger partial charge in [-0.05, 0) is 30.3 Å². The van der Waals surface area contributed by atoms with Crippen LogP contribution in [0.15, 0.2) is 42.5 Å². The summed E-state index contributed by atoms with van der Waals surface area (Å²) in [6.45, 7) is 0.865. The van der Waals surface area contributed by atoms with E-state index in [1.165, 1.54) is 5.56 Å². The van der Waals surface area contributed by atoms with Gasteiger partial charge in [0.25, 0.3) is 0 Å². The number of hydrogen-bond acceptors (Lipinski definition) is 2. The highest BCUT2D eigenvalue weighted by Gasteiger charge is 2.24. The minimum absolute atomic E-state index is 0.223. The molecule has 1 aliphatic heterocycles. The molecule has 0 amide bonds. The summed E-state index contributed by atoms with van der Waals surface area (Å²) in [5.74, 6) is 1.00. The van der Waals surface area contributed by atoms with E-state index in [2.05, 4.69) is 29.6 Å². The molecule has 0 spiro atoms. The van der Waals surface area contributed by atoms with E-state index in [1.54, 1.807) is 0 Å². The lowest BCUT2D eigenvalue weighted by molar-refractivity contribution is 0.232. The maximum absolute atomic E-state index is 6.07. The molecule has 2 nitrogen and oxygen atoms in total. The van der Waals surface area contributed by atoms with Crippen molar-refractivity contribution in [2.45, 2.75) is 12.5 Å². The molecule has 0 saturated heterocycles. The molecule has 0 aliphatic carbocycles. The lowest BCUT2D eigenvalue weighted by Gasteiger charge is -2.12. The fourth-order valence-electron chi connectivity index (χ4n) is 2.56. The Kier molecular flexibility index (Phi) is 3.45. The molecule has 0 saturated carbocycles. The van der Waals surface area contributed by atoms with Gasteiger partial charge in [0.05, 0.1) is 0 Å². The number of hydrogen-bond donors (Lipinski definition) is 1. The number of halogens is 1. The molecule has 0 fully saturated rings. The van der Waals surface area contributed by atoms with Crippen molar-refractivity contribution in [2.24, 2.45) is 0 Å². The molecule has 1 heterocycles. The van der Waals surface area contributed by atoms with Gasteiger partial charge in [0.2, 0.25) is 0 Å². The first-order valence-corrected chi connectivity index (χ1v) is 6.85. The summed E-state index contributed by atoms with van der Waals surface area (Å²) in [6.07, 6.45) is 1.19. The minimum Gasteiger partial charge on any atom is -0.488 e. The van der Waals surface area contributed by atoms with Crippen molar-refractivity contribution in [2.75, 3.05) is 13.6 Å². The van der Waals surface area contributed by atoms with Crippen LogP contribution in [0.5, 0.6) is 5.75 Å². The number of fused-ring (bicyclic) bond motifs is 1. The topological polar surface area (TPSA) is 21.3 Å². The number of para-hydroxylation sites is 1. The van der Waals surface area contributed by atoms with Gasteiger partial charge in [0.1, 0.15) is 11.9 Å². The second kappa shape index (κ2) is 5.24. The molecule has 2 aromatic rings. The van der Waals surface area contributed by atoms with Gasteiger partial charge >= 0.3 is 0 Å². The molecule has 98 valence electrons. The van der Waals surface area contributed by atoms with E-state index in [9.17, 15) is 0 Å². The van der Waals surface area contributed by atoms with Crippen LogP contribution in [0.1, 0.15) is 5.56 Å². The van der Waals surface area contributed by atoms with Crippen LogP contribution >= 0.6 is 11.6 Å². The van der Waals surface area contributed by atoms with Gasteiger partial charge in [-0.1, -0.05) is 41.9 Å². The Bertz CT molecular complexity index is 597. The van der Waals surface area contributed by atoms with Crippen LogP contribution in [0.3, 0.4) is 0 Å². The van der Waals surface area contributed by atoms with E-state index in [0.29, 0.717) is 0 Å². The lowest BCUT2D eigenvalue weighted by atomic mass is 10.0. The van der Waals surface area contributed by atoms with Crippen molar-refractivity contribution in [3.05, 3.63) is 53.1 Å². The van der Waals surface area contributed by atoms with Gasteiger partial charge in [-0.3, -0.25) is 0 Å². The number of nitrogens with one attached hydrogen (secondary N) is 1. The Morgan fingerprint density at radius 3 is 2.89 bits per heavy atom. The first kappa shape index (κ1) is 12.5. The Hall–Kier alpha value is -1.51. The van der Waals surface area contributed by atoms with Gasteiger partial charge in [-0.25, -0.2) is 0 Å². The maximum atomic E-state index is 6.07. The van der Waals surface area contributed by atoms with Gasteiger partial charge in [-0.2, -0.15) is 0 Å². The zero-order valence-electron chi connectivity index (χ0n) is 10.8. The molecular weight excluding hydrogens is 258 g/mol. The third-order valence-corrected chi connectivity index (χ3v) is 3.63.